The average Bonchev–Trinajstić information content (AvgIpc) is 2.21. The van der Waals surface area contributed by atoms with Gasteiger partial charge in [0.25, 0.3) is 0 Å². The molecule has 0 spiro atoms. The summed E-state index contributed by atoms with van der Waals surface area (Å²) in [5, 5.41) is 0. The van der Waals surface area contributed by atoms with Crippen LogP contribution in [0.3, 0.4) is 0 Å². The minimum absolute atomic E-state index is 0. The van der Waals surface area contributed by atoms with Crippen molar-refractivity contribution in [3.8, 4) is 11.4 Å². The largest absolute Gasteiger partial charge is 0.255 e. The molecule has 0 fully saturated rings. The van der Waals surface area contributed by atoms with E-state index in [0.717, 1.165) is 11.4 Å². The molecule has 0 radical (unpaired) electrons. The third-order valence-corrected chi connectivity index (χ3v) is 1.59. The van der Waals surface area contributed by atoms with Crippen molar-refractivity contribution >= 4 is 0 Å². The Kier molecular flexibility index (Phi) is 11.0. The molecule has 15 heavy (non-hydrogen) atoms. The van der Waals surface area contributed by atoms with E-state index in [4.69, 9.17) is 0 Å². The molecule has 0 aromatic carbocycles. The van der Waals surface area contributed by atoms with Crippen molar-refractivity contribution in [1.82, 2.24) is 9.97 Å². The minimum Gasteiger partial charge on any atom is -0.255 e. The summed E-state index contributed by atoms with van der Waals surface area (Å²) in [6.07, 6.45) is 3.54. The monoisotopic (exact) mass is 462 g/mol. The predicted molar refractivity (Wildman–Crippen MR) is 47.5 cm³/mol. The quantitative estimate of drug-likeness (QED) is 0.611. The maximum absolute atomic E-state index is 4.19. The molecule has 2 heterocycles. The Hall–Kier alpha value is 0.170. The van der Waals surface area contributed by atoms with Gasteiger partial charge in [0.2, 0.25) is 0 Å². The summed E-state index contributed by atoms with van der Waals surface area (Å²) in [5.74, 6) is 0. The van der Waals surface area contributed by atoms with Crippen molar-refractivity contribution in [2.75, 3.05) is 0 Å². The molecule has 0 aliphatic carbocycles. The molecule has 2 nitrogen and oxygen atoms in total. The van der Waals surface area contributed by atoms with E-state index in [-0.39, 0.29) is 58.4 Å². The third kappa shape index (κ3) is 5.16. The van der Waals surface area contributed by atoms with Crippen molar-refractivity contribution in [3.05, 3.63) is 48.8 Å². The summed E-state index contributed by atoms with van der Waals surface area (Å²) < 4.78 is 0. The van der Waals surface area contributed by atoms with Crippen LogP contribution in [0.4, 0.5) is 0 Å². The van der Waals surface area contributed by atoms with Crippen LogP contribution in [-0.2, 0) is 58.4 Å². The van der Waals surface area contributed by atoms with Gasteiger partial charge in [0.15, 0.2) is 0 Å². The van der Waals surface area contributed by atoms with E-state index in [2.05, 4.69) is 9.97 Å². The fourth-order valence-electron chi connectivity index (χ4n) is 1.03. The zero-order chi connectivity index (χ0) is 8.23. The van der Waals surface area contributed by atoms with Crippen LogP contribution in [0.2, 0.25) is 0 Å². The van der Waals surface area contributed by atoms with Gasteiger partial charge >= 0.3 is 0 Å². The Morgan fingerprint density at radius 2 is 1.00 bits per heavy atom. The molecule has 0 saturated heterocycles. The van der Waals surface area contributed by atoms with Crippen LogP contribution < -0.4 is 0 Å². The van der Waals surface area contributed by atoms with Crippen LogP contribution in [0.1, 0.15) is 0 Å². The first-order valence-corrected chi connectivity index (χ1v) is 3.79. The second kappa shape index (κ2) is 9.40. The average molecular weight is 459 g/mol. The van der Waals surface area contributed by atoms with Gasteiger partial charge < -0.3 is 0 Å². The van der Waals surface area contributed by atoms with E-state index in [1.165, 1.54) is 0 Å². The molecular formula is C10H8N2Ru3. The number of nitrogens with zero attached hydrogens (tertiary/aromatic N) is 2. The molecule has 0 amide bonds. The molecule has 0 aliphatic rings. The first-order valence-electron chi connectivity index (χ1n) is 3.79. The summed E-state index contributed by atoms with van der Waals surface area (Å²) in [4.78, 5) is 8.37. The maximum Gasteiger partial charge on any atom is 0.0886 e. The normalized spacial score (nSPS) is 7.73. The van der Waals surface area contributed by atoms with Gasteiger partial charge in [-0.1, -0.05) is 12.1 Å². The molecule has 0 unspecified atom stereocenters. The van der Waals surface area contributed by atoms with Crippen LogP contribution in [-0.4, -0.2) is 9.97 Å². The molecule has 0 saturated carbocycles. The van der Waals surface area contributed by atoms with E-state index >= 15 is 0 Å². The van der Waals surface area contributed by atoms with E-state index in [1.54, 1.807) is 12.4 Å². The number of aromatic nitrogens is 2. The van der Waals surface area contributed by atoms with Crippen molar-refractivity contribution in [2.45, 2.75) is 0 Å². The molecule has 2 rings (SSSR count). The molecule has 0 aliphatic heterocycles. The van der Waals surface area contributed by atoms with Crippen molar-refractivity contribution in [2.24, 2.45) is 0 Å². The van der Waals surface area contributed by atoms with Crippen molar-refractivity contribution in [3.63, 3.8) is 0 Å². The molecule has 0 atom stereocenters. The summed E-state index contributed by atoms with van der Waals surface area (Å²) >= 11 is 0. The van der Waals surface area contributed by atoms with Gasteiger partial charge in [0.1, 0.15) is 0 Å². The second-order valence-corrected chi connectivity index (χ2v) is 2.43. The van der Waals surface area contributed by atoms with Gasteiger partial charge in [-0.25, -0.2) is 0 Å². The molecular weight excluding hydrogens is 451 g/mol. The molecule has 0 bridgehead atoms. The summed E-state index contributed by atoms with van der Waals surface area (Å²) in [7, 11) is 0. The van der Waals surface area contributed by atoms with E-state index in [0.29, 0.717) is 0 Å². The van der Waals surface area contributed by atoms with Gasteiger partial charge in [-0.3, -0.25) is 9.97 Å². The van der Waals surface area contributed by atoms with Gasteiger partial charge in [0, 0.05) is 70.8 Å². The standard InChI is InChI=1S/C10H8N2.3Ru/c1-3-7-11-9(5-1)10-6-2-4-8-12-10;;;/h1-8H;;;. The number of hydrogen-bond donors (Lipinski definition) is 0. The predicted octanol–water partition coefficient (Wildman–Crippen LogP) is 2.14. The topological polar surface area (TPSA) is 25.8 Å². The Labute approximate surface area is 128 Å². The molecule has 82 valence electrons. The molecule has 2 aromatic heterocycles. The zero-order valence-corrected chi connectivity index (χ0v) is 12.8. The molecule has 0 N–H and O–H groups in total. The van der Waals surface area contributed by atoms with Crippen molar-refractivity contribution in [1.29, 1.82) is 0 Å². The minimum atomic E-state index is 0. The third-order valence-electron chi connectivity index (χ3n) is 1.59. The number of hydrogen-bond acceptors (Lipinski definition) is 2. The Bertz CT molecular complexity index is 316. The van der Waals surface area contributed by atoms with E-state index in [9.17, 15) is 0 Å². The summed E-state index contributed by atoms with van der Waals surface area (Å²) in [6, 6.07) is 11.6. The summed E-state index contributed by atoms with van der Waals surface area (Å²) in [6.45, 7) is 0. The van der Waals surface area contributed by atoms with Gasteiger partial charge in [-0.2, -0.15) is 0 Å². The summed E-state index contributed by atoms with van der Waals surface area (Å²) in [5.41, 5.74) is 1.83. The van der Waals surface area contributed by atoms with Gasteiger partial charge in [0.05, 0.1) is 11.4 Å². The first kappa shape index (κ1) is 17.6. The number of rotatable bonds is 1. The van der Waals surface area contributed by atoms with Crippen LogP contribution in [0.25, 0.3) is 11.4 Å². The molecule has 5 heteroatoms. The fraction of sp³-hybridized carbons (Fsp3) is 0. The van der Waals surface area contributed by atoms with Crippen LogP contribution in [0.5, 0.6) is 0 Å². The Morgan fingerprint density at radius 1 is 0.600 bits per heavy atom. The van der Waals surface area contributed by atoms with Crippen LogP contribution in [0, 0.1) is 0 Å². The zero-order valence-electron chi connectivity index (χ0n) is 7.57. The maximum atomic E-state index is 4.19. The van der Waals surface area contributed by atoms with Crippen LogP contribution >= 0.6 is 0 Å². The Morgan fingerprint density at radius 3 is 1.27 bits per heavy atom. The van der Waals surface area contributed by atoms with Gasteiger partial charge in [-0.15, -0.1) is 0 Å². The van der Waals surface area contributed by atoms with Crippen molar-refractivity contribution < 1.29 is 58.4 Å². The van der Waals surface area contributed by atoms with Crippen LogP contribution in [0.15, 0.2) is 48.8 Å². The van der Waals surface area contributed by atoms with Gasteiger partial charge in [-0.05, 0) is 24.3 Å². The Balaban J connectivity index is 0. The first-order chi connectivity index (χ1) is 5.97. The van der Waals surface area contributed by atoms with E-state index < -0.39 is 0 Å². The molecule has 2 aromatic rings. The number of pyridine rings is 2. The smallest absolute Gasteiger partial charge is 0.0886 e. The fourth-order valence-corrected chi connectivity index (χ4v) is 1.03. The van der Waals surface area contributed by atoms with E-state index in [1.807, 2.05) is 36.4 Å². The second-order valence-electron chi connectivity index (χ2n) is 2.43. The SMILES string of the molecule is [Ru].[Ru].[Ru].c1ccc(-c2ccccn2)nc1.